The third-order valence-corrected chi connectivity index (χ3v) is 3.71. The van der Waals surface area contributed by atoms with E-state index in [1.807, 2.05) is 0 Å². The van der Waals surface area contributed by atoms with E-state index in [9.17, 15) is 9.59 Å². The summed E-state index contributed by atoms with van der Waals surface area (Å²) in [5.41, 5.74) is 0.351. The molecule has 1 aromatic carbocycles. The van der Waals surface area contributed by atoms with Gasteiger partial charge in [0.25, 0.3) is 17.6 Å². The maximum absolute atomic E-state index is 12.5. The number of halogens is 1. The summed E-state index contributed by atoms with van der Waals surface area (Å²) in [5.74, 6) is -1.16. The number of carbonyl (C=O) groups is 1. The van der Waals surface area contributed by atoms with E-state index in [4.69, 9.17) is 16.1 Å². The molecular weight excluding hydrogens is 372 g/mol. The fourth-order valence-corrected chi connectivity index (χ4v) is 2.40. The number of amides is 1. The first kappa shape index (κ1) is 18.3. The second-order valence-corrected chi connectivity index (χ2v) is 5.79. The van der Waals surface area contributed by atoms with Crippen molar-refractivity contribution in [3.05, 3.63) is 70.7 Å². The molecule has 9 nitrogen and oxygen atoms in total. The standard InChI is InChI=1S/C17H15ClN6O3/c1-3-9-23(10-4-2)14-20-15(24-16(21-14)22-17(26)27-24)19-13(25)11-5-7-12(18)8-6-11/h3-8H,1-2,9-10H2,(H,19,20,21,22,25,26). The van der Waals surface area contributed by atoms with Crippen molar-refractivity contribution in [3.63, 3.8) is 0 Å². The highest BCUT2D eigenvalue weighted by atomic mass is 35.5. The maximum atomic E-state index is 12.5. The second-order valence-electron chi connectivity index (χ2n) is 5.35. The quantitative estimate of drug-likeness (QED) is 0.620. The molecule has 27 heavy (non-hydrogen) atoms. The summed E-state index contributed by atoms with van der Waals surface area (Å²) in [6.07, 6.45) is 3.33. The van der Waals surface area contributed by atoms with Crippen LogP contribution in [0.4, 0.5) is 11.9 Å². The number of nitrogens with zero attached hydrogens (tertiary/aromatic N) is 5. The lowest BCUT2D eigenvalue weighted by atomic mass is 10.2. The SMILES string of the molecule is C=CCN(CC=C)c1nc(NC(=O)c2ccc(Cl)cc2)n2oc(=O)nc2n1. The molecule has 0 saturated heterocycles. The van der Waals surface area contributed by atoms with Crippen LogP contribution >= 0.6 is 11.6 Å². The molecule has 0 unspecified atom stereocenters. The molecule has 0 aliphatic carbocycles. The molecule has 0 fully saturated rings. The number of hydrogen-bond donors (Lipinski definition) is 1. The van der Waals surface area contributed by atoms with Gasteiger partial charge in [-0.25, -0.2) is 4.79 Å². The van der Waals surface area contributed by atoms with Gasteiger partial charge in [0.2, 0.25) is 5.95 Å². The Labute approximate surface area is 158 Å². The van der Waals surface area contributed by atoms with Gasteiger partial charge in [0, 0.05) is 23.7 Å². The monoisotopic (exact) mass is 386 g/mol. The number of rotatable bonds is 7. The highest BCUT2D eigenvalue weighted by molar-refractivity contribution is 6.30. The average molecular weight is 387 g/mol. The summed E-state index contributed by atoms with van der Waals surface area (Å²) in [6, 6.07) is 6.29. The molecule has 0 aliphatic heterocycles. The van der Waals surface area contributed by atoms with Crippen LogP contribution in [0.1, 0.15) is 10.4 Å². The number of benzene rings is 1. The van der Waals surface area contributed by atoms with Crippen molar-refractivity contribution in [1.82, 2.24) is 19.5 Å². The topological polar surface area (TPSA) is 106 Å². The summed E-state index contributed by atoms with van der Waals surface area (Å²) < 4.78 is 5.90. The number of carbonyl (C=O) groups excluding carboxylic acids is 1. The van der Waals surface area contributed by atoms with Gasteiger partial charge in [0.15, 0.2) is 0 Å². The van der Waals surface area contributed by atoms with Gasteiger partial charge in [-0.1, -0.05) is 28.3 Å². The van der Waals surface area contributed by atoms with E-state index in [0.717, 1.165) is 4.57 Å². The summed E-state index contributed by atoms with van der Waals surface area (Å²) in [7, 11) is 0. The molecule has 3 rings (SSSR count). The Morgan fingerprint density at radius 3 is 2.48 bits per heavy atom. The Balaban J connectivity index is 2.03. The zero-order valence-electron chi connectivity index (χ0n) is 14.1. The predicted molar refractivity (Wildman–Crippen MR) is 101 cm³/mol. The van der Waals surface area contributed by atoms with Gasteiger partial charge < -0.3 is 9.42 Å². The zero-order valence-corrected chi connectivity index (χ0v) is 14.9. The van der Waals surface area contributed by atoms with Crippen molar-refractivity contribution < 1.29 is 9.32 Å². The molecule has 0 bridgehead atoms. The molecule has 0 spiro atoms. The third-order valence-electron chi connectivity index (χ3n) is 3.45. The number of fused-ring (bicyclic) bond motifs is 1. The first-order chi connectivity index (χ1) is 13.0. The molecule has 2 aromatic heterocycles. The molecule has 0 radical (unpaired) electrons. The second kappa shape index (κ2) is 7.83. The largest absolute Gasteiger partial charge is 0.462 e. The molecule has 10 heteroatoms. The average Bonchev–Trinajstić information content (AvgIpc) is 3.02. The van der Waals surface area contributed by atoms with E-state index >= 15 is 0 Å². The highest BCUT2D eigenvalue weighted by Gasteiger charge is 2.18. The van der Waals surface area contributed by atoms with Crippen LogP contribution in [-0.4, -0.2) is 38.5 Å². The Hall–Kier alpha value is -3.46. The van der Waals surface area contributed by atoms with Crippen LogP contribution in [-0.2, 0) is 0 Å². The highest BCUT2D eigenvalue weighted by Crippen LogP contribution is 2.16. The van der Waals surface area contributed by atoms with Gasteiger partial charge in [-0.05, 0) is 24.3 Å². The van der Waals surface area contributed by atoms with Crippen molar-refractivity contribution in [1.29, 1.82) is 0 Å². The third kappa shape index (κ3) is 4.04. The Morgan fingerprint density at radius 1 is 1.19 bits per heavy atom. The minimum atomic E-state index is -0.859. The van der Waals surface area contributed by atoms with Gasteiger partial charge >= 0.3 is 5.76 Å². The van der Waals surface area contributed by atoms with E-state index < -0.39 is 11.7 Å². The van der Waals surface area contributed by atoms with Crippen LogP contribution in [0.3, 0.4) is 0 Å². The van der Waals surface area contributed by atoms with E-state index in [1.165, 1.54) is 0 Å². The minimum Gasteiger partial charge on any atom is -0.333 e. The van der Waals surface area contributed by atoms with Gasteiger partial charge in [0.05, 0.1) is 0 Å². The Morgan fingerprint density at radius 2 is 1.85 bits per heavy atom. The maximum Gasteiger partial charge on any atom is 0.462 e. The van der Waals surface area contributed by atoms with Gasteiger partial charge in [-0.2, -0.15) is 9.97 Å². The number of hydrogen-bond acceptors (Lipinski definition) is 7. The molecule has 1 N–H and O–H groups in total. The van der Waals surface area contributed by atoms with Crippen LogP contribution in [0, 0.1) is 0 Å². The number of nitrogens with one attached hydrogen (secondary N) is 1. The van der Waals surface area contributed by atoms with Crippen molar-refractivity contribution in [2.24, 2.45) is 0 Å². The summed E-state index contributed by atoms with van der Waals surface area (Å²) >= 11 is 5.84. The van der Waals surface area contributed by atoms with Crippen molar-refractivity contribution in [2.45, 2.75) is 0 Å². The van der Waals surface area contributed by atoms with E-state index in [1.54, 1.807) is 41.3 Å². The van der Waals surface area contributed by atoms with Gasteiger partial charge in [-0.15, -0.1) is 18.1 Å². The van der Waals surface area contributed by atoms with E-state index in [2.05, 4.69) is 33.4 Å². The van der Waals surface area contributed by atoms with Crippen molar-refractivity contribution in [2.75, 3.05) is 23.3 Å². The first-order valence-electron chi connectivity index (χ1n) is 7.83. The summed E-state index contributed by atoms with van der Waals surface area (Å²) in [4.78, 5) is 37.9. The number of aromatic nitrogens is 4. The molecule has 0 saturated carbocycles. The summed E-state index contributed by atoms with van der Waals surface area (Å²) in [5, 5.41) is 3.10. The Kier molecular flexibility index (Phi) is 5.32. The number of anilines is 2. The van der Waals surface area contributed by atoms with Crippen LogP contribution in [0.15, 0.2) is 58.9 Å². The van der Waals surface area contributed by atoms with Gasteiger partial charge in [-0.3, -0.25) is 10.1 Å². The minimum absolute atomic E-state index is 0.0328. The van der Waals surface area contributed by atoms with E-state index in [0.29, 0.717) is 23.7 Å². The fourth-order valence-electron chi connectivity index (χ4n) is 2.27. The molecule has 138 valence electrons. The molecule has 0 aliphatic rings. The van der Waals surface area contributed by atoms with Crippen LogP contribution in [0.25, 0.3) is 5.78 Å². The fraction of sp³-hybridized carbons (Fsp3) is 0.118. The summed E-state index contributed by atoms with van der Waals surface area (Å²) in [6.45, 7) is 8.23. The van der Waals surface area contributed by atoms with E-state index in [-0.39, 0.29) is 17.7 Å². The van der Waals surface area contributed by atoms with Gasteiger partial charge in [0.1, 0.15) is 0 Å². The smallest absolute Gasteiger partial charge is 0.333 e. The van der Waals surface area contributed by atoms with Crippen LogP contribution in [0.2, 0.25) is 5.02 Å². The zero-order chi connectivity index (χ0) is 19.4. The lowest BCUT2D eigenvalue weighted by Crippen LogP contribution is -2.27. The predicted octanol–water partition coefficient (Wildman–Crippen LogP) is 2.16. The molecular formula is C17H15ClN6O3. The normalized spacial score (nSPS) is 10.6. The molecule has 3 aromatic rings. The lowest BCUT2D eigenvalue weighted by molar-refractivity contribution is 0.102. The van der Waals surface area contributed by atoms with Crippen molar-refractivity contribution in [3.8, 4) is 0 Å². The molecule has 0 atom stereocenters. The lowest BCUT2D eigenvalue weighted by Gasteiger charge is -2.19. The van der Waals surface area contributed by atoms with Crippen LogP contribution in [0.5, 0.6) is 0 Å². The molecule has 1 amide bonds. The Bertz CT molecular complexity index is 1050. The van der Waals surface area contributed by atoms with Crippen molar-refractivity contribution >= 4 is 35.2 Å². The van der Waals surface area contributed by atoms with Crippen LogP contribution < -0.4 is 16.0 Å². The molecule has 2 heterocycles. The first-order valence-corrected chi connectivity index (χ1v) is 8.21.